The maximum Gasteiger partial charge on any atom is 0.456 e. The molecule has 1 saturated carbocycles. The molecule has 3 heterocycles. The Hall–Kier alpha value is -2.70. The van der Waals surface area contributed by atoms with Gasteiger partial charge in [0.15, 0.2) is 0 Å². The van der Waals surface area contributed by atoms with E-state index in [0.717, 1.165) is 12.8 Å². The number of likely N-dealkylation sites (N-methyl/N-ethyl adjacent to an activating group) is 1. The Kier molecular flexibility index (Phi) is 6.27. The minimum absolute atomic E-state index is 0.0172. The average molecular weight is 539 g/mol. The standard InChI is InChI=1S/C25H29F3N4O4S/c1-16-15-32-20(22(33)25(26,27)28)9-10-21(32)24(30(16)2)11-13-31(14-12-24)23(34)17-3-7-19(8-4-17)37(35,36)29-18-5-6-18/h3-4,7-10,16,18,29H,5-6,11-15H2,1-2H3/t16-/m0/s1. The van der Waals surface area contributed by atoms with Crippen LogP contribution in [-0.2, 0) is 22.1 Å². The Morgan fingerprint density at radius 2 is 1.65 bits per heavy atom. The number of nitrogens with zero attached hydrogens (tertiary/aromatic N) is 3. The number of benzene rings is 1. The van der Waals surface area contributed by atoms with E-state index in [4.69, 9.17) is 0 Å². The van der Waals surface area contributed by atoms with E-state index < -0.39 is 27.5 Å². The molecule has 0 bridgehead atoms. The van der Waals surface area contributed by atoms with Gasteiger partial charge in [-0.25, -0.2) is 13.1 Å². The monoisotopic (exact) mass is 538 g/mol. The molecule has 1 aromatic heterocycles. The molecule has 5 rings (SSSR count). The first-order chi connectivity index (χ1) is 17.3. The van der Waals surface area contributed by atoms with Crippen molar-refractivity contribution < 1.29 is 31.2 Å². The number of piperidine rings is 1. The zero-order valence-corrected chi connectivity index (χ0v) is 21.4. The minimum Gasteiger partial charge on any atom is -0.339 e. The number of alkyl halides is 3. The maximum atomic E-state index is 13.2. The summed E-state index contributed by atoms with van der Waals surface area (Å²) in [4.78, 5) is 29.2. The van der Waals surface area contributed by atoms with Crippen molar-refractivity contribution in [3.05, 3.63) is 53.3 Å². The zero-order valence-electron chi connectivity index (χ0n) is 20.6. The fourth-order valence-electron chi connectivity index (χ4n) is 5.54. The Bertz CT molecular complexity index is 1320. The molecule has 0 unspecified atom stereocenters. The van der Waals surface area contributed by atoms with Crippen molar-refractivity contribution in [2.45, 2.75) is 67.8 Å². The topological polar surface area (TPSA) is 91.7 Å². The van der Waals surface area contributed by atoms with Gasteiger partial charge in [-0.1, -0.05) is 0 Å². The summed E-state index contributed by atoms with van der Waals surface area (Å²) >= 11 is 0. The summed E-state index contributed by atoms with van der Waals surface area (Å²) in [5.41, 5.74) is 0.0653. The first-order valence-electron chi connectivity index (χ1n) is 12.3. The SMILES string of the molecule is C[C@H]1Cn2c(C(=O)C(F)(F)F)ccc2C2(CCN(C(=O)c3ccc(S(=O)(=O)NC4CC4)cc3)CC2)N1C. The smallest absolute Gasteiger partial charge is 0.339 e. The summed E-state index contributed by atoms with van der Waals surface area (Å²) < 4.78 is 68.5. The molecule has 200 valence electrons. The number of fused-ring (bicyclic) bond motifs is 2. The number of likely N-dealkylation sites (tertiary alicyclic amines) is 1. The van der Waals surface area contributed by atoms with Crippen LogP contribution in [0.4, 0.5) is 13.2 Å². The van der Waals surface area contributed by atoms with Gasteiger partial charge >= 0.3 is 6.18 Å². The molecule has 1 atom stereocenters. The van der Waals surface area contributed by atoms with Gasteiger partial charge in [-0.15, -0.1) is 0 Å². The van der Waals surface area contributed by atoms with Gasteiger partial charge in [0.2, 0.25) is 10.0 Å². The van der Waals surface area contributed by atoms with Crippen LogP contribution in [0.15, 0.2) is 41.3 Å². The van der Waals surface area contributed by atoms with Gasteiger partial charge < -0.3 is 9.47 Å². The van der Waals surface area contributed by atoms with Crippen molar-refractivity contribution in [1.82, 2.24) is 19.1 Å². The van der Waals surface area contributed by atoms with Gasteiger partial charge in [-0.2, -0.15) is 13.2 Å². The normalized spacial score (nSPS) is 22.2. The van der Waals surface area contributed by atoms with Gasteiger partial charge in [-0.3, -0.25) is 14.5 Å². The van der Waals surface area contributed by atoms with Crippen molar-refractivity contribution in [2.24, 2.45) is 0 Å². The fraction of sp³-hybridized carbons (Fsp3) is 0.520. The number of rotatable bonds is 5. The van der Waals surface area contributed by atoms with Gasteiger partial charge in [0.05, 0.1) is 16.1 Å². The van der Waals surface area contributed by atoms with Crippen LogP contribution >= 0.6 is 0 Å². The summed E-state index contributed by atoms with van der Waals surface area (Å²) in [6.45, 7) is 2.92. The van der Waals surface area contributed by atoms with Crippen LogP contribution in [0.3, 0.4) is 0 Å². The van der Waals surface area contributed by atoms with Crippen LogP contribution in [0.5, 0.6) is 0 Å². The third kappa shape index (κ3) is 4.59. The van der Waals surface area contributed by atoms with Crippen molar-refractivity contribution in [3.8, 4) is 0 Å². The lowest BCUT2D eigenvalue weighted by Gasteiger charge is -2.53. The van der Waals surface area contributed by atoms with Crippen LogP contribution < -0.4 is 4.72 Å². The Morgan fingerprint density at radius 1 is 1.03 bits per heavy atom. The molecule has 37 heavy (non-hydrogen) atoms. The van der Waals surface area contributed by atoms with E-state index in [1.165, 1.54) is 34.9 Å². The second-order valence-corrected chi connectivity index (χ2v) is 12.0. The minimum atomic E-state index is -4.95. The first-order valence-corrected chi connectivity index (χ1v) is 13.8. The quantitative estimate of drug-likeness (QED) is 0.591. The van der Waals surface area contributed by atoms with Crippen molar-refractivity contribution in [2.75, 3.05) is 20.1 Å². The Labute approximate surface area is 213 Å². The third-order valence-corrected chi connectivity index (χ3v) is 9.46. The molecule has 1 amide bonds. The van der Waals surface area contributed by atoms with Gasteiger partial charge in [0, 0.05) is 43.0 Å². The number of aromatic nitrogens is 1. The number of sulfonamides is 1. The lowest BCUT2D eigenvalue weighted by Crippen LogP contribution is -2.59. The van der Waals surface area contributed by atoms with Gasteiger partial charge in [0.25, 0.3) is 11.7 Å². The van der Waals surface area contributed by atoms with E-state index in [1.807, 2.05) is 14.0 Å². The predicted molar refractivity (Wildman–Crippen MR) is 129 cm³/mol. The van der Waals surface area contributed by atoms with Crippen molar-refractivity contribution >= 4 is 21.7 Å². The Balaban J connectivity index is 1.34. The highest BCUT2D eigenvalue weighted by Gasteiger charge is 2.49. The van der Waals surface area contributed by atoms with Crippen LogP contribution in [0, 0.1) is 0 Å². The summed E-state index contributed by atoms with van der Waals surface area (Å²) in [6.07, 6.45) is -2.33. The number of hydrogen-bond acceptors (Lipinski definition) is 5. The van der Waals surface area contributed by atoms with Crippen molar-refractivity contribution in [3.63, 3.8) is 0 Å². The molecule has 2 aromatic rings. The lowest BCUT2D eigenvalue weighted by atomic mass is 9.80. The lowest BCUT2D eigenvalue weighted by molar-refractivity contribution is -0.0894. The van der Waals surface area contributed by atoms with E-state index in [1.54, 1.807) is 11.0 Å². The molecule has 1 N–H and O–H groups in total. The third-order valence-electron chi connectivity index (χ3n) is 7.92. The molecule has 3 aliphatic rings. The summed E-state index contributed by atoms with van der Waals surface area (Å²) in [7, 11) is -1.68. The molecule has 12 heteroatoms. The summed E-state index contributed by atoms with van der Waals surface area (Å²) in [5, 5.41) is 0. The molecule has 1 spiro atoms. The van der Waals surface area contributed by atoms with E-state index in [2.05, 4.69) is 9.62 Å². The molecule has 1 saturated heterocycles. The largest absolute Gasteiger partial charge is 0.456 e. The van der Waals surface area contributed by atoms with E-state index in [9.17, 15) is 31.2 Å². The van der Waals surface area contributed by atoms with Crippen LogP contribution in [0.25, 0.3) is 0 Å². The highest BCUT2D eigenvalue weighted by atomic mass is 32.2. The first kappa shape index (κ1) is 25.9. The second-order valence-electron chi connectivity index (χ2n) is 10.2. The second kappa shape index (κ2) is 8.95. The summed E-state index contributed by atoms with van der Waals surface area (Å²) in [5.74, 6) is -2.08. The molecular formula is C25H29F3N4O4S. The molecule has 8 nitrogen and oxygen atoms in total. The van der Waals surface area contributed by atoms with E-state index >= 15 is 0 Å². The molecule has 1 aliphatic carbocycles. The molecule has 2 fully saturated rings. The van der Waals surface area contributed by atoms with E-state index in [0.29, 0.717) is 37.2 Å². The van der Waals surface area contributed by atoms with Crippen molar-refractivity contribution in [1.29, 1.82) is 0 Å². The maximum absolute atomic E-state index is 13.2. The molecule has 1 aromatic carbocycles. The molecule has 0 radical (unpaired) electrons. The predicted octanol–water partition coefficient (Wildman–Crippen LogP) is 3.14. The Morgan fingerprint density at radius 3 is 2.22 bits per heavy atom. The van der Waals surface area contributed by atoms with E-state index in [-0.39, 0.29) is 35.1 Å². The molecular weight excluding hydrogens is 509 g/mol. The average Bonchev–Trinajstić information content (AvgIpc) is 3.56. The number of amides is 1. The number of nitrogens with one attached hydrogen (secondary N) is 1. The van der Waals surface area contributed by atoms with Crippen LogP contribution in [0.1, 0.15) is 59.1 Å². The fourth-order valence-corrected chi connectivity index (χ4v) is 6.84. The number of hydrogen-bond donors (Lipinski definition) is 1. The number of Topliss-reactive ketones (excluding diaryl/α,β-unsaturated/α-hetero) is 1. The summed E-state index contributed by atoms with van der Waals surface area (Å²) in [6, 6.07) is 8.58. The van der Waals surface area contributed by atoms with Gasteiger partial charge in [-0.05, 0) is 76.1 Å². The zero-order chi connectivity index (χ0) is 26.8. The molecule has 2 aliphatic heterocycles. The van der Waals surface area contributed by atoms with Crippen LogP contribution in [-0.4, -0.2) is 72.9 Å². The highest BCUT2D eigenvalue weighted by molar-refractivity contribution is 7.89. The number of ketones is 1. The number of halogens is 3. The van der Waals surface area contributed by atoms with Crippen LogP contribution in [0.2, 0.25) is 0 Å². The van der Waals surface area contributed by atoms with Gasteiger partial charge in [0.1, 0.15) is 0 Å². The highest BCUT2D eigenvalue weighted by Crippen LogP contribution is 2.44. The number of carbonyl (C=O) groups excluding carboxylic acids is 2. The number of carbonyl (C=O) groups is 2.